The summed E-state index contributed by atoms with van der Waals surface area (Å²) >= 11 is 0. The molecule has 17 heavy (non-hydrogen) atoms. The maximum atomic E-state index is 13.6. The predicted octanol–water partition coefficient (Wildman–Crippen LogP) is 2.91. The van der Waals surface area contributed by atoms with Crippen LogP contribution in [0.3, 0.4) is 0 Å². The van der Waals surface area contributed by atoms with Crippen LogP contribution in [-0.2, 0) is 6.54 Å². The molecule has 1 saturated heterocycles. The highest BCUT2D eigenvalue weighted by Crippen LogP contribution is 2.28. The molecule has 1 aliphatic heterocycles. The summed E-state index contributed by atoms with van der Waals surface area (Å²) in [7, 11) is 0. The van der Waals surface area contributed by atoms with Crippen molar-refractivity contribution in [3.63, 3.8) is 0 Å². The van der Waals surface area contributed by atoms with E-state index in [0.717, 1.165) is 24.7 Å². The molecule has 1 aromatic rings. The van der Waals surface area contributed by atoms with Gasteiger partial charge in [-0.25, -0.2) is 4.39 Å². The van der Waals surface area contributed by atoms with Gasteiger partial charge in [-0.3, -0.25) is 0 Å². The summed E-state index contributed by atoms with van der Waals surface area (Å²) in [5.74, 6) is 0.656. The first-order chi connectivity index (χ1) is 8.26. The largest absolute Gasteiger partial charge is 0.371 e. The van der Waals surface area contributed by atoms with Crippen LogP contribution in [-0.4, -0.2) is 13.1 Å². The van der Waals surface area contributed by atoms with Gasteiger partial charge in [-0.05, 0) is 30.9 Å². The van der Waals surface area contributed by atoms with Crippen LogP contribution in [0.15, 0.2) is 18.2 Å². The van der Waals surface area contributed by atoms with E-state index in [-0.39, 0.29) is 12.4 Å². The van der Waals surface area contributed by atoms with Crippen LogP contribution in [0.4, 0.5) is 10.1 Å². The van der Waals surface area contributed by atoms with Gasteiger partial charge in [-0.15, -0.1) is 0 Å². The maximum absolute atomic E-state index is 13.6. The minimum absolute atomic E-state index is 0.178. The summed E-state index contributed by atoms with van der Waals surface area (Å²) in [5, 5.41) is 0. The molecular weight excluding hydrogens is 215 g/mol. The molecule has 94 valence electrons. The van der Waals surface area contributed by atoms with Crippen molar-refractivity contribution in [1.82, 2.24) is 0 Å². The maximum Gasteiger partial charge on any atom is 0.129 e. The van der Waals surface area contributed by atoms with E-state index in [1.165, 1.54) is 25.3 Å². The lowest BCUT2D eigenvalue weighted by molar-refractivity contribution is 0.394. The third-order valence-electron chi connectivity index (χ3n) is 3.83. The summed E-state index contributed by atoms with van der Waals surface area (Å²) in [6, 6.07) is 5.25. The van der Waals surface area contributed by atoms with Crippen LogP contribution in [0.1, 0.15) is 31.7 Å². The topological polar surface area (TPSA) is 29.3 Å². The van der Waals surface area contributed by atoms with Gasteiger partial charge in [0, 0.05) is 30.9 Å². The van der Waals surface area contributed by atoms with Crippen molar-refractivity contribution >= 4 is 5.69 Å². The Morgan fingerprint density at radius 3 is 2.65 bits per heavy atom. The Kier molecular flexibility index (Phi) is 4.00. The third kappa shape index (κ3) is 2.60. The van der Waals surface area contributed by atoms with Crippen molar-refractivity contribution in [2.45, 2.75) is 32.7 Å². The zero-order valence-electron chi connectivity index (χ0n) is 10.5. The van der Waals surface area contributed by atoms with Crippen LogP contribution >= 0.6 is 0 Å². The molecule has 0 unspecified atom stereocenters. The molecule has 1 aromatic carbocycles. The minimum atomic E-state index is -0.178. The van der Waals surface area contributed by atoms with E-state index in [1.807, 2.05) is 6.07 Å². The van der Waals surface area contributed by atoms with E-state index in [0.29, 0.717) is 5.56 Å². The molecular formula is C14H21FN2. The zero-order chi connectivity index (χ0) is 12.3. The molecule has 1 aliphatic rings. The lowest BCUT2D eigenvalue weighted by Gasteiger charge is -2.34. The Balaban J connectivity index is 2.15. The molecule has 0 spiro atoms. The first-order valence-electron chi connectivity index (χ1n) is 6.48. The molecule has 3 heteroatoms. The van der Waals surface area contributed by atoms with Crippen LogP contribution < -0.4 is 10.6 Å². The fraction of sp³-hybridized carbons (Fsp3) is 0.571. The molecule has 0 amide bonds. The van der Waals surface area contributed by atoms with Crippen molar-refractivity contribution in [3.05, 3.63) is 29.6 Å². The molecule has 0 atom stereocenters. The molecule has 1 heterocycles. The highest BCUT2D eigenvalue weighted by molar-refractivity contribution is 5.54. The number of halogens is 1. The number of hydrogen-bond acceptors (Lipinski definition) is 2. The van der Waals surface area contributed by atoms with Gasteiger partial charge in [0.15, 0.2) is 0 Å². The van der Waals surface area contributed by atoms with Crippen molar-refractivity contribution in [1.29, 1.82) is 0 Å². The third-order valence-corrected chi connectivity index (χ3v) is 3.83. The summed E-state index contributed by atoms with van der Waals surface area (Å²) in [6.45, 7) is 4.56. The predicted molar refractivity (Wildman–Crippen MR) is 69.5 cm³/mol. The Morgan fingerprint density at radius 1 is 1.35 bits per heavy atom. The molecule has 2 rings (SSSR count). The fourth-order valence-corrected chi connectivity index (χ4v) is 2.63. The van der Waals surface area contributed by atoms with Crippen LogP contribution in [0.5, 0.6) is 0 Å². The van der Waals surface area contributed by atoms with E-state index in [2.05, 4.69) is 11.8 Å². The summed E-state index contributed by atoms with van der Waals surface area (Å²) in [4.78, 5) is 2.28. The van der Waals surface area contributed by atoms with Gasteiger partial charge in [0.2, 0.25) is 0 Å². The standard InChI is InChI=1S/C14H21FN2/c1-2-11-6-8-17(9-7-11)14-5-3-4-13(15)12(14)10-16/h3-5,11H,2,6-10,16H2,1H3. The van der Waals surface area contributed by atoms with Crippen LogP contribution in [0, 0.1) is 11.7 Å². The Bertz CT molecular complexity index is 370. The number of rotatable bonds is 3. The van der Waals surface area contributed by atoms with Gasteiger partial charge in [-0.2, -0.15) is 0 Å². The minimum Gasteiger partial charge on any atom is -0.371 e. The lowest BCUT2D eigenvalue weighted by atomic mass is 9.93. The first kappa shape index (κ1) is 12.4. The highest BCUT2D eigenvalue weighted by Gasteiger charge is 2.20. The number of benzene rings is 1. The molecule has 2 nitrogen and oxygen atoms in total. The fourth-order valence-electron chi connectivity index (χ4n) is 2.63. The second-order valence-electron chi connectivity index (χ2n) is 4.78. The number of nitrogens with zero attached hydrogens (tertiary/aromatic N) is 1. The van der Waals surface area contributed by atoms with Gasteiger partial charge in [0.05, 0.1) is 0 Å². The van der Waals surface area contributed by atoms with Gasteiger partial charge >= 0.3 is 0 Å². The van der Waals surface area contributed by atoms with Gasteiger partial charge in [0.1, 0.15) is 5.82 Å². The molecule has 0 bridgehead atoms. The zero-order valence-corrected chi connectivity index (χ0v) is 10.5. The Morgan fingerprint density at radius 2 is 2.06 bits per heavy atom. The molecule has 0 saturated carbocycles. The Hall–Kier alpha value is -1.09. The Labute approximate surface area is 103 Å². The molecule has 1 fully saturated rings. The summed E-state index contributed by atoms with van der Waals surface area (Å²) in [5.41, 5.74) is 7.29. The average molecular weight is 236 g/mol. The van der Waals surface area contributed by atoms with Crippen molar-refractivity contribution in [2.24, 2.45) is 11.7 Å². The summed E-state index contributed by atoms with van der Waals surface area (Å²) in [6.07, 6.45) is 3.66. The quantitative estimate of drug-likeness (QED) is 0.874. The first-order valence-corrected chi connectivity index (χ1v) is 6.48. The second kappa shape index (κ2) is 5.50. The van der Waals surface area contributed by atoms with E-state index < -0.39 is 0 Å². The highest BCUT2D eigenvalue weighted by atomic mass is 19.1. The van der Waals surface area contributed by atoms with E-state index >= 15 is 0 Å². The SMILES string of the molecule is CCC1CCN(c2cccc(F)c2CN)CC1. The average Bonchev–Trinajstić information content (AvgIpc) is 2.38. The van der Waals surface area contributed by atoms with E-state index in [1.54, 1.807) is 6.07 Å². The second-order valence-corrected chi connectivity index (χ2v) is 4.78. The lowest BCUT2D eigenvalue weighted by Crippen LogP contribution is -2.34. The number of anilines is 1. The van der Waals surface area contributed by atoms with Gasteiger partial charge in [-0.1, -0.05) is 19.4 Å². The molecule has 0 aliphatic carbocycles. The number of hydrogen-bond donors (Lipinski definition) is 1. The van der Waals surface area contributed by atoms with E-state index in [4.69, 9.17) is 5.73 Å². The molecule has 2 N–H and O–H groups in total. The molecule has 0 aromatic heterocycles. The van der Waals surface area contributed by atoms with Gasteiger partial charge in [0.25, 0.3) is 0 Å². The van der Waals surface area contributed by atoms with E-state index in [9.17, 15) is 4.39 Å². The number of piperidine rings is 1. The van der Waals surface area contributed by atoms with Crippen LogP contribution in [0.25, 0.3) is 0 Å². The normalized spacial score (nSPS) is 17.5. The van der Waals surface area contributed by atoms with Crippen molar-refractivity contribution in [2.75, 3.05) is 18.0 Å². The monoisotopic (exact) mass is 236 g/mol. The van der Waals surface area contributed by atoms with Crippen molar-refractivity contribution < 1.29 is 4.39 Å². The summed E-state index contributed by atoms with van der Waals surface area (Å²) < 4.78 is 13.6. The van der Waals surface area contributed by atoms with Crippen LogP contribution in [0.2, 0.25) is 0 Å². The smallest absolute Gasteiger partial charge is 0.129 e. The molecule has 0 radical (unpaired) electrons. The van der Waals surface area contributed by atoms with Gasteiger partial charge < -0.3 is 10.6 Å². The number of nitrogens with two attached hydrogens (primary N) is 1. The van der Waals surface area contributed by atoms with Crippen molar-refractivity contribution in [3.8, 4) is 0 Å².